The van der Waals surface area contributed by atoms with E-state index in [1.807, 2.05) is 11.4 Å². The maximum Gasteiger partial charge on any atom is 0.262 e. The summed E-state index contributed by atoms with van der Waals surface area (Å²) in [5.41, 5.74) is 3.84. The highest BCUT2D eigenvalue weighted by Crippen LogP contribution is 2.22. The van der Waals surface area contributed by atoms with Gasteiger partial charge in [-0.25, -0.2) is 0 Å². The lowest BCUT2D eigenvalue weighted by Crippen LogP contribution is -2.22. The summed E-state index contributed by atoms with van der Waals surface area (Å²) in [4.78, 5) is 12.7. The van der Waals surface area contributed by atoms with E-state index in [4.69, 9.17) is 0 Å². The minimum absolute atomic E-state index is 0.0273. The zero-order valence-corrected chi connectivity index (χ0v) is 12.6. The van der Waals surface area contributed by atoms with Crippen molar-refractivity contribution in [3.63, 3.8) is 0 Å². The van der Waals surface area contributed by atoms with E-state index in [2.05, 4.69) is 44.8 Å². The molecular formula is C14H13BrN2OS. The predicted molar refractivity (Wildman–Crippen MR) is 80.2 cm³/mol. The van der Waals surface area contributed by atoms with Gasteiger partial charge in [0.25, 0.3) is 5.91 Å². The second-order valence-corrected chi connectivity index (χ2v) is 6.26. The number of nitrogens with one attached hydrogen (secondary N) is 2. The van der Waals surface area contributed by atoms with E-state index in [1.54, 1.807) is 0 Å². The van der Waals surface area contributed by atoms with Gasteiger partial charge in [0, 0.05) is 24.1 Å². The molecule has 2 heterocycles. The van der Waals surface area contributed by atoms with Crippen molar-refractivity contribution in [1.29, 1.82) is 0 Å². The van der Waals surface area contributed by atoms with Gasteiger partial charge in [-0.15, -0.1) is 11.3 Å². The van der Waals surface area contributed by atoms with Crippen molar-refractivity contribution in [3.8, 4) is 0 Å². The predicted octanol–water partition coefficient (Wildman–Crippen LogP) is 3.04. The highest BCUT2D eigenvalue weighted by atomic mass is 79.9. The molecule has 0 fully saturated rings. The first-order valence-corrected chi connectivity index (χ1v) is 7.74. The fourth-order valence-electron chi connectivity index (χ4n) is 2.18. The molecule has 0 saturated heterocycles. The van der Waals surface area contributed by atoms with E-state index in [9.17, 15) is 4.79 Å². The lowest BCUT2D eigenvalue weighted by atomic mass is 10.1. The van der Waals surface area contributed by atoms with E-state index < -0.39 is 0 Å². The quantitative estimate of drug-likeness (QED) is 0.904. The molecule has 0 bridgehead atoms. The molecule has 3 nitrogen and oxygen atoms in total. The number of hydrogen-bond acceptors (Lipinski definition) is 3. The molecule has 19 heavy (non-hydrogen) atoms. The van der Waals surface area contributed by atoms with E-state index in [0.29, 0.717) is 6.54 Å². The number of halogens is 1. The molecule has 3 rings (SSSR count). The maximum atomic E-state index is 12.0. The first-order valence-electron chi connectivity index (χ1n) is 6.06. The zero-order valence-electron chi connectivity index (χ0n) is 10.2. The monoisotopic (exact) mass is 336 g/mol. The molecule has 5 heteroatoms. The Kier molecular flexibility index (Phi) is 3.68. The molecule has 0 unspecified atom stereocenters. The van der Waals surface area contributed by atoms with Crippen LogP contribution in [0.5, 0.6) is 0 Å². The number of fused-ring (bicyclic) bond motifs is 1. The Labute approximate surface area is 124 Å². The second kappa shape index (κ2) is 5.45. The van der Waals surface area contributed by atoms with Gasteiger partial charge < -0.3 is 10.6 Å². The van der Waals surface area contributed by atoms with Crippen LogP contribution in [0.2, 0.25) is 0 Å². The third kappa shape index (κ3) is 2.73. The van der Waals surface area contributed by atoms with Crippen molar-refractivity contribution in [1.82, 2.24) is 10.6 Å². The summed E-state index contributed by atoms with van der Waals surface area (Å²) in [7, 11) is 0. The van der Waals surface area contributed by atoms with Crippen molar-refractivity contribution in [2.24, 2.45) is 0 Å². The number of thiophene rings is 1. The van der Waals surface area contributed by atoms with E-state index in [1.165, 1.54) is 22.5 Å². The van der Waals surface area contributed by atoms with Gasteiger partial charge in [0.2, 0.25) is 0 Å². The van der Waals surface area contributed by atoms with E-state index in [-0.39, 0.29) is 5.91 Å². The van der Waals surface area contributed by atoms with Crippen LogP contribution < -0.4 is 10.6 Å². The maximum absolute atomic E-state index is 12.0. The summed E-state index contributed by atoms with van der Waals surface area (Å²) in [6, 6.07) is 8.27. The van der Waals surface area contributed by atoms with Crippen LogP contribution in [-0.2, 0) is 19.6 Å². The molecule has 0 spiro atoms. The molecule has 1 aliphatic rings. The average Bonchev–Trinajstić information content (AvgIpc) is 3.03. The molecule has 0 aliphatic carbocycles. The number of carbonyl (C=O) groups excluding carboxylic acids is 1. The molecule has 1 aliphatic heterocycles. The highest BCUT2D eigenvalue weighted by molar-refractivity contribution is 9.10. The van der Waals surface area contributed by atoms with Crippen LogP contribution in [0, 0.1) is 0 Å². The Morgan fingerprint density at radius 2 is 2.16 bits per heavy atom. The molecular weight excluding hydrogens is 324 g/mol. The minimum Gasteiger partial charge on any atom is -0.347 e. The summed E-state index contributed by atoms with van der Waals surface area (Å²) in [6.45, 7) is 2.44. The normalized spacial score (nSPS) is 13.3. The van der Waals surface area contributed by atoms with Crippen LogP contribution in [0.25, 0.3) is 0 Å². The van der Waals surface area contributed by atoms with Crippen LogP contribution in [0.15, 0.2) is 34.1 Å². The van der Waals surface area contributed by atoms with E-state index >= 15 is 0 Å². The molecule has 1 aromatic heterocycles. The molecule has 0 saturated carbocycles. The molecule has 2 aromatic rings. The number of amides is 1. The Hall–Kier alpha value is -1.17. The van der Waals surface area contributed by atoms with Crippen molar-refractivity contribution in [2.75, 3.05) is 0 Å². The fraction of sp³-hybridized carbons (Fsp3) is 0.214. The summed E-state index contributed by atoms with van der Waals surface area (Å²) >= 11 is 4.82. The number of benzene rings is 1. The van der Waals surface area contributed by atoms with Crippen LogP contribution in [-0.4, -0.2) is 5.91 Å². The first kappa shape index (κ1) is 12.8. The summed E-state index contributed by atoms with van der Waals surface area (Å²) in [6.07, 6.45) is 0. The Balaban J connectivity index is 1.66. The number of carbonyl (C=O) groups is 1. The molecule has 0 radical (unpaired) electrons. The van der Waals surface area contributed by atoms with E-state index in [0.717, 1.165) is 28.0 Å². The molecule has 1 aromatic carbocycles. The van der Waals surface area contributed by atoms with Crippen molar-refractivity contribution in [3.05, 3.63) is 55.7 Å². The van der Waals surface area contributed by atoms with Crippen LogP contribution >= 0.6 is 27.3 Å². The van der Waals surface area contributed by atoms with Crippen LogP contribution in [0.3, 0.4) is 0 Å². The molecule has 0 atom stereocenters. The fourth-order valence-corrected chi connectivity index (χ4v) is 3.64. The SMILES string of the molecule is O=C(NCc1ccc2c(c1)CNC2)c1sccc1Br. The number of hydrogen-bond donors (Lipinski definition) is 2. The van der Waals surface area contributed by atoms with Gasteiger partial charge in [-0.1, -0.05) is 18.2 Å². The van der Waals surface area contributed by atoms with Gasteiger partial charge in [-0.3, -0.25) is 4.79 Å². The van der Waals surface area contributed by atoms with Gasteiger partial charge in [-0.05, 0) is 44.1 Å². The Bertz CT molecular complexity index is 624. The first-order chi connectivity index (χ1) is 9.24. The van der Waals surface area contributed by atoms with Gasteiger partial charge in [0.05, 0.1) is 0 Å². The third-order valence-electron chi connectivity index (χ3n) is 3.18. The van der Waals surface area contributed by atoms with Crippen molar-refractivity contribution >= 4 is 33.2 Å². The topological polar surface area (TPSA) is 41.1 Å². The largest absolute Gasteiger partial charge is 0.347 e. The molecule has 2 N–H and O–H groups in total. The third-order valence-corrected chi connectivity index (χ3v) is 5.01. The minimum atomic E-state index is -0.0273. The van der Waals surface area contributed by atoms with Gasteiger partial charge in [0.15, 0.2) is 0 Å². The molecule has 98 valence electrons. The smallest absolute Gasteiger partial charge is 0.262 e. The highest BCUT2D eigenvalue weighted by Gasteiger charge is 2.13. The van der Waals surface area contributed by atoms with Crippen LogP contribution in [0.4, 0.5) is 0 Å². The van der Waals surface area contributed by atoms with Gasteiger partial charge in [0.1, 0.15) is 4.88 Å². The summed E-state index contributed by atoms with van der Waals surface area (Å²) in [5, 5.41) is 8.18. The Morgan fingerprint density at radius 3 is 2.95 bits per heavy atom. The van der Waals surface area contributed by atoms with Crippen molar-refractivity contribution < 1.29 is 4.79 Å². The second-order valence-electron chi connectivity index (χ2n) is 4.49. The van der Waals surface area contributed by atoms with Gasteiger partial charge >= 0.3 is 0 Å². The summed E-state index contributed by atoms with van der Waals surface area (Å²) < 4.78 is 0.855. The van der Waals surface area contributed by atoms with Crippen molar-refractivity contribution in [2.45, 2.75) is 19.6 Å². The Morgan fingerprint density at radius 1 is 1.32 bits per heavy atom. The van der Waals surface area contributed by atoms with Crippen LogP contribution in [0.1, 0.15) is 26.4 Å². The lowest BCUT2D eigenvalue weighted by molar-refractivity contribution is 0.0954. The molecule has 1 amide bonds. The summed E-state index contributed by atoms with van der Waals surface area (Å²) in [5.74, 6) is -0.0273. The van der Waals surface area contributed by atoms with Gasteiger partial charge in [-0.2, -0.15) is 0 Å². The number of rotatable bonds is 3. The lowest BCUT2D eigenvalue weighted by Gasteiger charge is -2.06. The standard InChI is InChI=1S/C14H13BrN2OS/c15-12-3-4-19-13(12)14(18)17-6-9-1-2-10-7-16-8-11(10)5-9/h1-5,16H,6-8H2,(H,17,18). The zero-order chi connectivity index (χ0) is 13.2. The average molecular weight is 337 g/mol.